The molecular formula is C16H21N3O6. The molecule has 1 saturated heterocycles. The summed E-state index contributed by atoms with van der Waals surface area (Å²) in [4.78, 5) is 24.3. The number of hydrazine groups is 1. The number of carbonyl (C=O) groups is 2. The minimum Gasteiger partial charge on any atom is -0.493 e. The fraction of sp³-hybridized carbons (Fsp3) is 0.500. The number of benzene rings is 1. The van der Waals surface area contributed by atoms with Crippen LogP contribution in [0.15, 0.2) is 12.1 Å². The van der Waals surface area contributed by atoms with Crippen molar-refractivity contribution in [3.05, 3.63) is 23.3 Å². The van der Waals surface area contributed by atoms with E-state index in [1.165, 1.54) is 14.2 Å². The standard InChI is InChI=1S/C16H21N3O6/c1-4-24-15(20)9-7-17-19-13(9)18-14-8-5-6-10(22-2)12(23-3)11(8)16(21)25-14/h5-6,9,13-14,17-19H,4,7H2,1-3H3. The molecule has 1 aromatic rings. The van der Waals surface area contributed by atoms with Gasteiger partial charge in [-0.2, -0.15) is 0 Å². The number of esters is 2. The van der Waals surface area contributed by atoms with Crippen LogP contribution >= 0.6 is 0 Å². The van der Waals surface area contributed by atoms with Crippen LogP contribution in [0.25, 0.3) is 0 Å². The molecule has 25 heavy (non-hydrogen) atoms. The maximum absolute atomic E-state index is 12.3. The van der Waals surface area contributed by atoms with Crippen molar-refractivity contribution in [3.63, 3.8) is 0 Å². The summed E-state index contributed by atoms with van der Waals surface area (Å²) in [6.45, 7) is 2.47. The molecule has 3 unspecified atom stereocenters. The number of ether oxygens (including phenoxy) is 4. The van der Waals surface area contributed by atoms with Gasteiger partial charge in [0.2, 0.25) is 0 Å². The molecule has 0 saturated carbocycles. The summed E-state index contributed by atoms with van der Waals surface area (Å²) in [6.07, 6.45) is -1.16. The molecule has 2 aliphatic heterocycles. The van der Waals surface area contributed by atoms with E-state index in [0.29, 0.717) is 35.8 Å². The maximum atomic E-state index is 12.3. The van der Waals surface area contributed by atoms with E-state index >= 15 is 0 Å². The average Bonchev–Trinajstić information content (AvgIpc) is 3.19. The molecule has 2 heterocycles. The Morgan fingerprint density at radius 3 is 2.84 bits per heavy atom. The third kappa shape index (κ3) is 3.13. The van der Waals surface area contributed by atoms with Gasteiger partial charge >= 0.3 is 11.9 Å². The van der Waals surface area contributed by atoms with E-state index in [1.54, 1.807) is 19.1 Å². The van der Waals surface area contributed by atoms with Crippen molar-refractivity contribution in [1.82, 2.24) is 16.2 Å². The Labute approximate surface area is 144 Å². The summed E-state index contributed by atoms with van der Waals surface area (Å²) in [7, 11) is 2.96. The van der Waals surface area contributed by atoms with Crippen molar-refractivity contribution < 1.29 is 28.5 Å². The molecule has 136 valence electrons. The van der Waals surface area contributed by atoms with Crippen LogP contribution < -0.4 is 25.6 Å². The molecular weight excluding hydrogens is 330 g/mol. The smallest absolute Gasteiger partial charge is 0.344 e. The topological polar surface area (TPSA) is 107 Å². The third-order valence-electron chi connectivity index (χ3n) is 4.19. The molecule has 3 atom stereocenters. The lowest BCUT2D eigenvalue weighted by molar-refractivity contribution is -0.148. The van der Waals surface area contributed by atoms with E-state index in [-0.39, 0.29) is 5.97 Å². The van der Waals surface area contributed by atoms with Gasteiger partial charge in [-0.25, -0.2) is 10.2 Å². The summed E-state index contributed by atoms with van der Waals surface area (Å²) in [5.74, 6) is -0.503. The summed E-state index contributed by atoms with van der Waals surface area (Å²) in [5.41, 5.74) is 6.82. The highest BCUT2D eigenvalue weighted by Gasteiger charge is 2.41. The summed E-state index contributed by atoms with van der Waals surface area (Å²) in [5, 5.41) is 3.13. The van der Waals surface area contributed by atoms with Gasteiger partial charge in [0, 0.05) is 12.1 Å². The van der Waals surface area contributed by atoms with E-state index in [1.807, 2.05) is 0 Å². The Bertz CT molecular complexity index is 680. The van der Waals surface area contributed by atoms with Crippen LogP contribution in [-0.4, -0.2) is 45.5 Å². The Balaban J connectivity index is 1.83. The zero-order valence-electron chi connectivity index (χ0n) is 14.3. The summed E-state index contributed by atoms with van der Waals surface area (Å²) < 4.78 is 21.0. The average molecular weight is 351 g/mol. The molecule has 3 N–H and O–H groups in total. The highest BCUT2D eigenvalue weighted by molar-refractivity contribution is 5.98. The quantitative estimate of drug-likeness (QED) is 0.614. The van der Waals surface area contributed by atoms with Gasteiger partial charge in [-0.3, -0.25) is 15.5 Å². The first-order valence-electron chi connectivity index (χ1n) is 7.97. The van der Waals surface area contributed by atoms with E-state index < -0.39 is 24.3 Å². The lowest BCUT2D eigenvalue weighted by Gasteiger charge is -2.22. The second-order valence-corrected chi connectivity index (χ2v) is 5.58. The number of carbonyl (C=O) groups excluding carboxylic acids is 2. The fourth-order valence-electron chi connectivity index (χ4n) is 3.01. The third-order valence-corrected chi connectivity index (χ3v) is 4.19. The van der Waals surface area contributed by atoms with Crippen LogP contribution in [0, 0.1) is 5.92 Å². The van der Waals surface area contributed by atoms with Crippen molar-refractivity contribution in [1.29, 1.82) is 0 Å². The monoisotopic (exact) mass is 351 g/mol. The largest absolute Gasteiger partial charge is 0.493 e. The van der Waals surface area contributed by atoms with Crippen LogP contribution in [0.4, 0.5) is 0 Å². The number of hydrogen-bond acceptors (Lipinski definition) is 9. The van der Waals surface area contributed by atoms with Gasteiger partial charge in [0.05, 0.1) is 27.0 Å². The Kier molecular flexibility index (Phi) is 5.07. The van der Waals surface area contributed by atoms with Crippen LogP contribution in [-0.2, 0) is 14.3 Å². The van der Waals surface area contributed by atoms with Crippen LogP contribution in [0.5, 0.6) is 11.5 Å². The number of nitrogens with one attached hydrogen (secondary N) is 3. The number of methoxy groups -OCH3 is 2. The zero-order chi connectivity index (χ0) is 18.0. The first kappa shape index (κ1) is 17.5. The van der Waals surface area contributed by atoms with E-state index in [4.69, 9.17) is 18.9 Å². The molecule has 0 radical (unpaired) electrons. The predicted octanol–water partition coefficient (Wildman–Crippen LogP) is 0.0756. The first-order valence-corrected chi connectivity index (χ1v) is 7.97. The lowest BCUT2D eigenvalue weighted by atomic mass is 10.0. The van der Waals surface area contributed by atoms with Crippen molar-refractivity contribution >= 4 is 11.9 Å². The van der Waals surface area contributed by atoms with Crippen LogP contribution in [0.3, 0.4) is 0 Å². The van der Waals surface area contributed by atoms with Gasteiger partial charge in [-0.1, -0.05) is 0 Å². The Hall–Kier alpha value is -2.36. The molecule has 3 rings (SSSR count). The zero-order valence-corrected chi connectivity index (χ0v) is 14.3. The number of cyclic esters (lactones) is 1. The lowest BCUT2D eigenvalue weighted by Crippen LogP contribution is -2.47. The van der Waals surface area contributed by atoms with E-state index in [2.05, 4.69) is 16.2 Å². The van der Waals surface area contributed by atoms with Crippen molar-refractivity contribution in [2.24, 2.45) is 5.92 Å². The molecule has 9 heteroatoms. The highest BCUT2D eigenvalue weighted by atomic mass is 16.6. The molecule has 0 aromatic heterocycles. The molecule has 0 spiro atoms. The van der Waals surface area contributed by atoms with Crippen molar-refractivity contribution in [2.75, 3.05) is 27.4 Å². The molecule has 0 aliphatic carbocycles. The van der Waals surface area contributed by atoms with Gasteiger partial charge in [-0.15, -0.1) is 0 Å². The minimum absolute atomic E-state index is 0.306. The second kappa shape index (κ2) is 7.26. The Morgan fingerprint density at radius 1 is 1.36 bits per heavy atom. The molecule has 2 aliphatic rings. The van der Waals surface area contributed by atoms with Crippen LogP contribution in [0.2, 0.25) is 0 Å². The van der Waals surface area contributed by atoms with Gasteiger partial charge in [0.15, 0.2) is 17.7 Å². The molecule has 1 aromatic carbocycles. The minimum atomic E-state index is -0.711. The Morgan fingerprint density at radius 2 is 2.16 bits per heavy atom. The first-order chi connectivity index (χ1) is 12.1. The SMILES string of the molecule is CCOC(=O)C1CNNC1NC1OC(=O)c2c1ccc(OC)c2OC. The van der Waals surface area contributed by atoms with E-state index in [9.17, 15) is 9.59 Å². The fourth-order valence-corrected chi connectivity index (χ4v) is 3.01. The molecule has 0 bridgehead atoms. The van der Waals surface area contributed by atoms with E-state index in [0.717, 1.165) is 0 Å². The van der Waals surface area contributed by atoms with Gasteiger partial charge in [0.1, 0.15) is 11.5 Å². The number of rotatable bonds is 6. The maximum Gasteiger partial charge on any atom is 0.344 e. The van der Waals surface area contributed by atoms with Crippen molar-refractivity contribution in [2.45, 2.75) is 19.3 Å². The van der Waals surface area contributed by atoms with Gasteiger partial charge in [0.25, 0.3) is 0 Å². The number of fused-ring (bicyclic) bond motifs is 1. The normalized spacial score (nSPS) is 24.6. The van der Waals surface area contributed by atoms with Crippen LogP contribution in [0.1, 0.15) is 29.1 Å². The molecule has 1 fully saturated rings. The molecule has 9 nitrogen and oxygen atoms in total. The highest BCUT2D eigenvalue weighted by Crippen LogP contribution is 2.41. The number of hydrogen-bond donors (Lipinski definition) is 3. The second-order valence-electron chi connectivity index (χ2n) is 5.58. The summed E-state index contributed by atoms with van der Waals surface area (Å²) >= 11 is 0. The van der Waals surface area contributed by atoms with Gasteiger partial charge < -0.3 is 18.9 Å². The van der Waals surface area contributed by atoms with Crippen molar-refractivity contribution in [3.8, 4) is 11.5 Å². The predicted molar refractivity (Wildman–Crippen MR) is 85.9 cm³/mol. The summed E-state index contributed by atoms with van der Waals surface area (Å²) in [6, 6.07) is 3.44. The molecule has 0 amide bonds. The van der Waals surface area contributed by atoms with Gasteiger partial charge in [-0.05, 0) is 19.1 Å².